The Morgan fingerprint density at radius 3 is 1.54 bits per heavy atom. The molecule has 0 aliphatic carbocycles. The Morgan fingerprint density at radius 1 is 0.568 bits per heavy atom. The molecule has 0 aromatic heterocycles. The molecule has 0 spiro atoms. The van der Waals surface area contributed by atoms with Gasteiger partial charge >= 0.3 is 0 Å². The van der Waals surface area contributed by atoms with Gasteiger partial charge in [-0.25, -0.2) is 0 Å². The van der Waals surface area contributed by atoms with Crippen LogP contribution >= 0.6 is 7.92 Å². The Hall–Kier alpha value is -4.04. The number of nitrogens with one attached hydrogen (secondary N) is 1. The highest BCUT2D eigenvalue weighted by Gasteiger charge is 2.28. The second-order valence-electron chi connectivity index (χ2n) is 8.74. The number of carbonyl (C=O) groups is 1. The Bertz CT molecular complexity index is 1390. The molecule has 0 bridgehead atoms. The first-order chi connectivity index (χ1) is 18.2. The summed E-state index contributed by atoms with van der Waals surface area (Å²) in [6.45, 7) is 0. The van der Waals surface area contributed by atoms with Crippen molar-refractivity contribution < 1.29 is 9.90 Å². The van der Waals surface area contributed by atoms with Crippen molar-refractivity contribution in [2.24, 2.45) is 0 Å². The van der Waals surface area contributed by atoms with Crippen LogP contribution < -0.4 is 21.2 Å². The van der Waals surface area contributed by atoms with E-state index in [0.717, 1.165) is 16.4 Å². The summed E-state index contributed by atoms with van der Waals surface area (Å²) in [6, 6.07) is 47.0. The molecule has 2 N–H and O–H groups in total. The summed E-state index contributed by atoms with van der Waals surface area (Å²) in [5, 5.41) is 17.8. The van der Waals surface area contributed by atoms with E-state index in [0.29, 0.717) is 5.56 Å². The van der Waals surface area contributed by atoms with Gasteiger partial charge in [0.2, 0.25) is 0 Å². The summed E-state index contributed by atoms with van der Waals surface area (Å²) >= 11 is 0. The number of benzene rings is 5. The normalized spacial score (nSPS) is 12.6. The van der Waals surface area contributed by atoms with Crippen LogP contribution in [0.2, 0.25) is 0 Å². The highest BCUT2D eigenvalue weighted by atomic mass is 31.1. The molecule has 0 saturated heterocycles. The minimum atomic E-state index is -0.961. The van der Waals surface area contributed by atoms with E-state index in [9.17, 15) is 9.90 Å². The second kappa shape index (κ2) is 11.8. The van der Waals surface area contributed by atoms with E-state index in [-0.39, 0.29) is 5.91 Å². The largest absolute Gasteiger partial charge is 0.386 e. The lowest BCUT2D eigenvalue weighted by Gasteiger charge is -2.27. The zero-order chi connectivity index (χ0) is 25.5. The van der Waals surface area contributed by atoms with E-state index in [1.54, 1.807) is 0 Å². The van der Waals surface area contributed by atoms with Crippen LogP contribution in [-0.2, 0) is 0 Å². The quantitative estimate of drug-likeness (QED) is 0.270. The summed E-state index contributed by atoms with van der Waals surface area (Å²) in [5.41, 5.74) is 2.21. The van der Waals surface area contributed by atoms with Crippen molar-refractivity contribution in [2.45, 2.75) is 12.1 Å². The third kappa shape index (κ3) is 5.70. The fourth-order valence-electron chi connectivity index (χ4n) is 4.51. The van der Waals surface area contributed by atoms with Crippen LogP contribution in [0.4, 0.5) is 0 Å². The summed E-state index contributed by atoms with van der Waals surface area (Å²) in [5.74, 6) is -0.209. The minimum Gasteiger partial charge on any atom is -0.386 e. The number of aliphatic hydroxyl groups is 1. The SMILES string of the molecule is O=C(N[C@@H](c1ccccc1)[C@H](O)c1ccccc1)c1ccccc1P(c1ccccc1)c1ccccc1. The average Bonchev–Trinajstić information content (AvgIpc) is 2.98. The molecule has 1 amide bonds. The average molecular weight is 502 g/mol. The van der Waals surface area contributed by atoms with Gasteiger partial charge in [-0.05, 0) is 41.0 Å². The lowest BCUT2D eigenvalue weighted by molar-refractivity contribution is 0.0832. The second-order valence-corrected chi connectivity index (χ2v) is 10.9. The lowest BCUT2D eigenvalue weighted by atomic mass is 9.95. The van der Waals surface area contributed by atoms with Crippen molar-refractivity contribution in [3.8, 4) is 0 Å². The molecule has 37 heavy (non-hydrogen) atoms. The molecule has 5 rings (SSSR count). The maximum atomic E-state index is 13.9. The molecule has 5 aromatic rings. The number of rotatable bonds is 8. The summed E-state index contributed by atoms with van der Waals surface area (Å²) in [7, 11) is -0.961. The molecule has 3 nitrogen and oxygen atoms in total. The van der Waals surface area contributed by atoms with E-state index in [4.69, 9.17) is 0 Å². The van der Waals surface area contributed by atoms with Crippen molar-refractivity contribution >= 4 is 29.7 Å². The molecule has 0 radical (unpaired) electrons. The number of aliphatic hydroxyl groups excluding tert-OH is 1. The Balaban J connectivity index is 1.55. The molecule has 0 unspecified atom stereocenters. The van der Waals surface area contributed by atoms with Gasteiger partial charge in [-0.2, -0.15) is 0 Å². The van der Waals surface area contributed by atoms with Crippen LogP contribution in [0.25, 0.3) is 0 Å². The third-order valence-corrected chi connectivity index (χ3v) is 8.82. The molecule has 0 aliphatic heterocycles. The fraction of sp³-hybridized carbons (Fsp3) is 0.0606. The summed E-state index contributed by atoms with van der Waals surface area (Å²) in [4.78, 5) is 13.9. The van der Waals surface area contributed by atoms with E-state index < -0.39 is 20.1 Å². The molecule has 4 heteroatoms. The van der Waals surface area contributed by atoms with Crippen LogP contribution in [0.5, 0.6) is 0 Å². The molecule has 0 fully saturated rings. The molecule has 2 atom stereocenters. The monoisotopic (exact) mass is 501 g/mol. The highest BCUT2D eigenvalue weighted by molar-refractivity contribution is 7.80. The van der Waals surface area contributed by atoms with Gasteiger partial charge in [0.15, 0.2) is 0 Å². The lowest BCUT2D eigenvalue weighted by Crippen LogP contribution is -2.36. The highest BCUT2D eigenvalue weighted by Crippen LogP contribution is 2.35. The smallest absolute Gasteiger partial charge is 0.252 e. The Kier molecular flexibility index (Phi) is 7.86. The third-order valence-electron chi connectivity index (χ3n) is 6.32. The van der Waals surface area contributed by atoms with Crippen molar-refractivity contribution in [3.05, 3.63) is 162 Å². The first-order valence-electron chi connectivity index (χ1n) is 12.3. The van der Waals surface area contributed by atoms with Crippen molar-refractivity contribution in [2.75, 3.05) is 0 Å². The van der Waals surface area contributed by atoms with Crippen molar-refractivity contribution in [3.63, 3.8) is 0 Å². The maximum Gasteiger partial charge on any atom is 0.252 e. The van der Waals surface area contributed by atoms with Gasteiger partial charge in [-0.15, -0.1) is 0 Å². The van der Waals surface area contributed by atoms with Crippen LogP contribution in [0.1, 0.15) is 33.6 Å². The Morgan fingerprint density at radius 2 is 1.00 bits per heavy atom. The molecule has 0 heterocycles. The van der Waals surface area contributed by atoms with Crippen LogP contribution in [-0.4, -0.2) is 11.0 Å². The van der Waals surface area contributed by atoms with E-state index in [2.05, 4.69) is 29.6 Å². The molecule has 0 saturated carbocycles. The zero-order valence-electron chi connectivity index (χ0n) is 20.3. The molecule has 5 aromatic carbocycles. The topological polar surface area (TPSA) is 49.3 Å². The zero-order valence-corrected chi connectivity index (χ0v) is 21.2. The number of amides is 1. The predicted molar refractivity (Wildman–Crippen MR) is 153 cm³/mol. The summed E-state index contributed by atoms with van der Waals surface area (Å²) < 4.78 is 0. The van der Waals surface area contributed by atoms with Crippen LogP contribution in [0.3, 0.4) is 0 Å². The molecule has 0 aliphatic rings. The van der Waals surface area contributed by atoms with Crippen LogP contribution in [0, 0.1) is 0 Å². The number of carbonyl (C=O) groups excluding carboxylic acids is 1. The summed E-state index contributed by atoms with van der Waals surface area (Å²) in [6.07, 6.45) is -0.899. The van der Waals surface area contributed by atoms with Crippen molar-refractivity contribution in [1.82, 2.24) is 5.32 Å². The fourth-order valence-corrected chi connectivity index (χ4v) is 6.96. The van der Waals surface area contributed by atoms with Gasteiger partial charge in [0.1, 0.15) is 6.10 Å². The first kappa shape index (κ1) is 24.6. The predicted octanol–water partition coefficient (Wildman–Crippen LogP) is 5.65. The van der Waals surface area contributed by atoms with E-state index in [1.807, 2.05) is 121 Å². The van der Waals surface area contributed by atoms with Gasteiger partial charge in [0, 0.05) is 5.56 Å². The number of hydrogen-bond donors (Lipinski definition) is 2. The number of hydrogen-bond acceptors (Lipinski definition) is 2. The van der Waals surface area contributed by atoms with E-state index >= 15 is 0 Å². The molecular formula is C33H28NO2P. The molecular weight excluding hydrogens is 473 g/mol. The van der Waals surface area contributed by atoms with Gasteiger partial charge in [-0.3, -0.25) is 4.79 Å². The van der Waals surface area contributed by atoms with Crippen molar-refractivity contribution in [1.29, 1.82) is 0 Å². The first-order valence-corrected chi connectivity index (χ1v) is 13.6. The van der Waals surface area contributed by atoms with E-state index in [1.165, 1.54) is 10.6 Å². The van der Waals surface area contributed by atoms with Gasteiger partial charge in [-0.1, -0.05) is 140 Å². The standard InChI is InChI=1S/C33H28NO2P/c35-32(26-17-7-2-8-18-26)31(25-15-5-1-6-16-25)34-33(36)29-23-13-14-24-30(29)37(27-19-9-3-10-20-27)28-21-11-4-12-22-28/h1-24,31-32,35H,(H,34,36)/t31-,32+/m0/s1. The van der Waals surface area contributed by atoms with Gasteiger partial charge in [0.05, 0.1) is 6.04 Å². The maximum absolute atomic E-state index is 13.9. The van der Waals surface area contributed by atoms with Crippen LogP contribution in [0.15, 0.2) is 146 Å². The minimum absolute atomic E-state index is 0.209. The van der Waals surface area contributed by atoms with Gasteiger partial charge < -0.3 is 10.4 Å². The molecule has 182 valence electrons. The van der Waals surface area contributed by atoms with Gasteiger partial charge in [0.25, 0.3) is 5.91 Å². The Labute approximate surface area is 219 Å².